The number of thiazole rings is 1. The Morgan fingerprint density at radius 3 is 2.74 bits per heavy atom. The Labute approximate surface area is 204 Å². The normalized spacial score (nSPS) is 14.1. The van der Waals surface area contributed by atoms with Crippen molar-refractivity contribution in [3.05, 3.63) is 76.7 Å². The topological polar surface area (TPSA) is 67.4 Å². The van der Waals surface area contributed by atoms with Gasteiger partial charge in [-0.3, -0.25) is 4.79 Å². The number of morpholine rings is 1. The van der Waals surface area contributed by atoms with Gasteiger partial charge in [-0.2, -0.15) is 0 Å². The molecule has 0 bridgehead atoms. The minimum Gasteiger partial charge on any atom is -0.378 e. The number of aromatic nitrogens is 2. The van der Waals surface area contributed by atoms with E-state index in [0.29, 0.717) is 44.2 Å². The Kier molecular flexibility index (Phi) is 5.70. The predicted molar refractivity (Wildman–Crippen MR) is 139 cm³/mol. The maximum atomic E-state index is 13.2. The quantitative estimate of drug-likeness (QED) is 0.363. The number of hydrogen-bond acceptors (Lipinski definition) is 7. The summed E-state index contributed by atoms with van der Waals surface area (Å²) in [5, 5.41) is 8.28. The van der Waals surface area contributed by atoms with Crippen molar-refractivity contribution in [2.75, 3.05) is 31.2 Å². The SMILES string of the molecule is O=C(NCc1nccs1)c1ccc(-c2cccc3c2sc2ccccc23)nc1N1CCOCC1. The molecule has 170 valence electrons. The smallest absolute Gasteiger partial charge is 0.255 e. The number of hydrogen-bond donors (Lipinski definition) is 1. The fraction of sp³-hybridized carbons (Fsp3) is 0.192. The second-order valence-corrected chi connectivity index (χ2v) is 10.1. The summed E-state index contributed by atoms with van der Waals surface area (Å²) in [6, 6.07) is 18.7. The minimum atomic E-state index is -0.143. The van der Waals surface area contributed by atoms with Crippen LogP contribution in [0.3, 0.4) is 0 Å². The standard InChI is InChI=1S/C26H22N4O2S2/c31-26(28-16-23-27-10-15-33-23)20-8-9-21(29-25(20)30-11-13-32-14-12-30)19-6-3-5-18-17-4-1-2-7-22(17)34-24(18)19/h1-10,15H,11-14,16H2,(H,28,31). The highest BCUT2D eigenvalue weighted by Gasteiger charge is 2.22. The summed E-state index contributed by atoms with van der Waals surface area (Å²) in [4.78, 5) is 24.6. The molecule has 2 aromatic carbocycles. The lowest BCUT2D eigenvalue weighted by atomic mass is 10.1. The molecule has 0 atom stereocenters. The molecule has 1 N–H and O–H groups in total. The first-order valence-electron chi connectivity index (χ1n) is 11.2. The number of anilines is 1. The highest BCUT2D eigenvalue weighted by molar-refractivity contribution is 7.26. The molecular formula is C26H22N4O2S2. The maximum absolute atomic E-state index is 13.2. The number of carbonyl (C=O) groups is 1. The van der Waals surface area contributed by atoms with Gasteiger partial charge in [0, 0.05) is 50.4 Å². The number of pyridine rings is 1. The molecule has 1 aliphatic rings. The van der Waals surface area contributed by atoms with Crippen LogP contribution in [0.15, 0.2) is 66.2 Å². The second-order valence-electron chi connectivity index (χ2n) is 8.06. The summed E-state index contributed by atoms with van der Waals surface area (Å²) in [6.07, 6.45) is 1.75. The van der Waals surface area contributed by atoms with E-state index in [2.05, 4.69) is 57.7 Å². The molecule has 0 aliphatic carbocycles. The van der Waals surface area contributed by atoms with Crippen LogP contribution in [0.2, 0.25) is 0 Å². The van der Waals surface area contributed by atoms with E-state index in [1.165, 1.54) is 31.5 Å². The van der Waals surface area contributed by atoms with Crippen LogP contribution in [0.4, 0.5) is 5.82 Å². The van der Waals surface area contributed by atoms with Gasteiger partial charge in [-0.1, -0.05) is 36.4 Å². The van der Waals surface area contributed by atoms with Crippen LogP contribution in [-0.2, 0) is 11.3 Å². The zero-order chi connectivity index (χ0) is 22.9. The third-order valence-electron chi connectivity index (χ3n) is 5.99. The van der Waals surface area contributed by atoms with Crippen LogP contribution < -0.4 is 10.2 Å². The first-order valence-corrected chi connectivity index (χ1v) is 12.9. The molecular weight excluding hydrogens is 464 g/mol. The molecule has 3 aromatic heterocycles. The van der Waals surface area contributed by atoms with E-state index in [1.807, 2.05) is 17.5 Å². The van der Waals surface area contributed by atoms with E-state index >= 15 is 0 Å². The molecule has 0 radical (unpaired) electrons. The number of nitrogens with one attached hydrogen (secondary N) is 1. The minimum absolute atomic E-state index is 0.143. The van der Waals surface area contributed by atoms with E-state index in [9.17, 15) is 4.79 Å². The molecule has 1 fully saturated rings. The number of nitrogens with zero attached hydrogens (tertiary/aromatic N) is 3. The van der Waals surface area contributed by atoms with E-state index in [-0.39, 0.29) is 5.91 Å². The summed E-state index contributed by atoms with van der Waals surface area (Å²) in [6.45, 7) is 3.06. The lowest BCUT2D eigenvalue weighted by Crippen LogP contribution is -2.38. The van der Waals surface area contributed by atoms with Crippen molar-refractivity contribution < 1.29 is 9.53 Å². The van der Waals surface area contributed by atoms with Gasteiger partial charge in [0.05, 0.1) is 31.0 Å². The Morgan fingerprint density at radius 2 is 1.88 bits per heavy atom. The first kappa shape index (κ1) is 21.2. The van der Waals surface area contributed by atoms with Gasteiger partial charge in [0.25, 0.3) is 5.91 Å². The fourth-order valence-corrected chi connectivity index (χ4v) is 6.11. The maximum Gasteiger partial charge on any atom is 0.255 e. The largest absolute Gasteiger partial charge is 0.378 e. The van der Waals surface area contributed by atoms with E-state index in [1.54, 1.807) is 17.5 Å². The summed E-state index contributed by atoms with van der Waals surface area (Å²) < 4.78 is 8.02. The predicted octanol–water partition coefficient (Wildman–Crippen LogP) is 5.34. The molecule has 6 nitrogen and oxygen atoms in total. The average Bonchev–Trinajstić information content (AvgIpc) is 3.55. The highest BCUT2D eigenvalue weighted by Crippen LogP contribution is 2.39. The van der Waals surface area contributed by atoms with Gasteiger partial charge < -0.3 is 15.0 Å². The van der Waals surface area contributed by atoms with Gasteiger partial charge in [-0.25, -0.2) is 9.97 Å². The summed E-state index contributed by atoms with van der Waals surface area (Å²) in [5.74, 6) is 0.561. The zero-order valence-electron chi connectivity index (χ0n) is 18.4. The van der Waals surface area contributed by atoms with Crippen LogP contribution in [0.25, 0.3) is 31.4 Å². The summed E-state index contributed by atoms with van der Waals surface area (Å²) in [7, 11) is 0. The molecule has 1 aliphatic heterocycles. The van der Waals surface area contributed by atoms with Crippen LogP contribution in [0, 0.1) is 0 Å². The molecule has 5 aromatic rings. The monoisotopic (exact) mass is 486 g/mol. The first-order chi connectivity index (χ1) is 16.8. The van der Waals surface area contributed by atoms with Crippen LogP contribution in [0.5, 0.6) is 0 Å². The van der Waals surface area contributed by atoms with Crippen molar-refractivity contribution in [3.8, 4) is 11.3 Å². The molecule has 0 saturated carbocycles. The molecule has 4 heterocycles. The lowest BCUT2D eigenvalue weighted by molar-refractivity contribution is 0.0949. The number of carbonyl (C=O) groups excluding carboxylic acids is 1. The van der Waals surface area contributed by atoms with Gasteiger partial charge in [0.2, 0.25) is 0 Å². The van der Waals surface area contributed by atoms with Gasteiger partial charge in [0.15, 0.2) is 0 Å². The Bertz CT molecular complexity index is 1470. The lowest BCUT2D eigenvalue weighted by Gasteiger charge is -2.29. The van der Waals surface area contributed by atoms with Crippen LogP contribution >= 0.6 is 22.7 Å². The van der Waals surface area contributed by atoms with Crippen LogP contribution in [-0.4, -0.2) is 42.2 Å². The van der Waals surface area contributed by atoms with E-state index < -0.39 is 0 Å². The molecule has 0 spiro atoms. The van der Waals surface area contributed by atoms with Gasteiger partial charge in [0.1, 0.15) is 10.8 Å². The number of amides is 1. The van der Waals surface area contributed by atoms with E-state index in [0.717, 1.165) is 16.3 Å². The van der Waals surface area contributed by atoms with Crippen molar-refractivity contribution in [2.24, 2.45) is 0 Å². The van der Waals surface area contributed by atoms with Crippen molar-refractivity contribution in [1.82, 2.24) is 15.3 Å². The Balaban J connectivity index is 1.42. The van der Waals surface area contributed by atoms with Crippen LogP contribution in [0.1, 0.15) is 15.4 Å². The van der Waals surface area contributed by atoms with Crippen molar-refractivity contribution in [1.29, 1.82) is 0 Å². The number of benzene rings is 2. The zero-order valence-corrected chi connectivity index (χ0v) is 20.0. The van der Waals surface area contributed by atoms with Crippen molar-refractivity contribution in [3.63, 3.8) is 0 Å². The second kappa shape index (κ2) is 9.13. The van der Waals surface area contributed by atoms with Crippen molar-refractivity contribution >= 4 is 54.6 Å². The Morgan fingerprint density at radius 1 is 1.03 bits per heavy atom. The average molecular weight is 487 g/mol. The summed E-state index contributed by atoms with van der Waals surface area (Å²) in [5.41, 5.74) is 2.53. The van der Waals surface area contributed by atoms with E-state index in [4.69, 9.17) is 9.72 Å². The third kappa shape index (κ3) is 3.94. The van der Waals surface area contributed by atoms with Crippen molar-refractivity contribution in [2.45, 2.75) is 6.54 Å². The molecule has 1 amide bonds. The van der Waals surface area contributed by atoms with Gasteiger partial charge in [-0.15, -0.1) is 22.7 Å². The molecule has 0 unspecified atom stereocenters. The highest BCUT2D eigenvalue weighted by atomic mass is 32.1. The molecule has 6 rings (SSSR count). The Hall–Kier alpha value is -3.33. The summed E-state index contributed by atoms with van der Waals surface area (Å²) >= 11 is 3.31. The molecule has 34 heavy (non-hydrogen) atoms. The number of thiophene rings is 1. The number of ether oxygens (including phenoxy) is 1. The molecule has 1 saturated heterocycles. The fourth-order valence-electron chi connectivity index (χ4n) is 4.33. The number of fused-ring (bicyclic) bond motifs is 3. The third-order valence-corrected chi connectivity index (χ3v) is 7.99. The molecule has 8 heteroatoms. The van der Waals surface area contributed by atoms with Gasteiger partial charge >= 0.3 is 0 Å². The number of rotatable bonds is 5. The van der Waals surface area contributed by atoms with Gasteiger partial charge in [-0.05, 0) is 18.2 Å².